The predicted octanol–water partition coefficient (Wildman–Crippen LogP) is 4.64. The largest absolute Gasteiger partial charge is 0.493 e. The summed E-state index contributed by atoms with van der Waals surface area (Å²) in [7, 11) is 1.56. The highest BCUT2D eigenvalue weighted by Gasteiger charge is 2.31. The van der Waals surface area contributed by atoms with Crippen molar-refractivity contribution in [3.8, 4) is 11.5 Å². The summed E-state index contributed by atoms with van der Waals surface area (Å²) < 4.78 is 12.9. The van der Waals surface area contributed by atoms with Gasteiger partial charge in [-0.3, -0.25) is 9.59 Å². The lowest BCUT2D eigenvalue weighted by molar-refractivity contribution is -0.144. The summed E-state index contributed by atoms with van der Waals surface area (Å²) in [5.41, 5.74) is 7.93. The smallest absolute Gasteiger partial charge is 0.312 e. The number of rotatable bonds is 9. The molecule has 0 bridgehead atoms. The molecule has 39 heavy (non-hydrogen) atoms. The number of carboxylic acid groups (broad SMARTS) is 1. The number of aliphatic carboxylic acids is 1. The molecule has 1 atom stereocenters. The fourth-order valence-corrected chi connectivity index (χ4v) is 6.85. The van der Waals surface area contributed by atoms with Crippen LogP contribution < -0.4 is 20.5 Å². The zero-order valence-corrected chi connectivity index (χ0v) is 25.8. The van der Waals surface area contributed by atoms with Gasteiger partial charge in [-0.05, 0) is 71.4 Å². The second kappa shape index (κ2) is 15.7. The van der Waals surface area contributed by atoms with Crippen molar-refractivity contribution < 1.29 is 29.3 Å². The van der Waals surface area contributed by atoms with Crippen LogP contribution in [0.4, 0.5) is 5.69 Å². The van der Waals surface area contributed by atoms with Crippen LogP contribution in [0.15, 0.2) is 45.3 Å². The first-order valence-corrected chi connectivity index (χ1v) is 15.3. The third-order valence-electron chi connectivity index (χ3n) is 6.52. The average molecular weight is 689 g/mol. The Morgan fingerprint density at radius 2 is 1.85 bits per heavy atom. The SMILES string of the molecule is COc1ccccc1OCC1SCCN1C(=O)CC(=O)O.Nc1c(Br)cc(Br)cc1CNC1CCC(O)CC1. The normalized spacial score (nSPS) is 20.6. The minimum atomic E-state index is -1.11. The molecule has 1 amide bonds. The number of hydrogen-bond donors (Lipinski definition) is 4. The van der Waals surface area contributed by atoms with Crippen molar-refractivity contribution in [3.05, 3.63) is 50.9 Å². The summed E-state index contributed by atoms with van der Waals surface area (Å²) in [5.74, 6) is 0.537. The molecule has 4 rings (SSSR count). The molecule has 1 aliphatic heterocycles. The van der Waals surface area contributed by atoms with Gasteiger partial charge in [0.05, 0.1) is 18.9 Å². The van der Waals surface area contributed by atoms with Gasteiger partial charge in [0.25, 0.3) is 0 Å². The van der Waals surface area contributed by atoms with Crippen LogP contribution in [-0.2, 0) is 16.1 Å². The molecule has 0 radical (unpaired) electrons. The molecule has 1 heterocycles. The number of thioether (sulfide) groups is 1. The Balaban J connectivity index is 0.000000218. The predicted molar refractivity (Wildman–Crippen MR) is 160 cm³/mol. The van der Waals surface area contributed by atoms with Gasteiger partial charge in [-0.25, -0.2) is 0 Å². The quantitative estimate of drug-likeness (QED) is 0.220. The van der Waals surface area contributed by atoms with Crippen LogP contribution in [0.3, 0.4) is 0 Å². The molecule has 2 aromatic carbocycles. The van der Waals surface area contributed by atoms with E-state index in [4.69, 9.17) is 20.3 Å². The van der Waals surface area contributed by atoms with E-state index in [-0.39, 0.29) is 17.4 Å². The Labute approximate surface area is 250 Å². The van der Waals surface area contributed by atoms with E-state index >= 15 is 0 Å². The first-order chi connectivity index (χ1) is 18.7. The van der Waals surface area contributed by atoms with Gasteiger partial charge < -0.3 is 35.6 Å². The Morgan fingerprint density at radius 1 is 1.15 bits per heavy atom. The number of nitrogens with zero attached hydrogens (tertiary/aromatic N) is 1. The number of aliphatic hydroxyl groups is 1. The maximum Gasteiger partial charge on any atom is 0.312 e. The van der Waals surface area contributed by atoms with Gasteiger partial charge in [-0.15, -0.1) is 11.8 Å². The number of nitrogens with one attached hydrogen (secondary N) is 1. The van der Waals surface area contributed by atoms with E-state index in [9.17, 15) is 14.7 Å². The number of methoxy groups -OCH3 is 1. The first-order valence-electron chi connectivity index (χ1n) is 12.7. The zero-order chi connectivity index (χ0) is 28.4. The summed E-state index contributed by atoms with van der Waals surface area (Å²) in [5, 5.41) is 21.5. The van der Waals surface area contributed by atoms with Crippen molar-refractivity contribution in [1.82, 2.24) is 10.2 Å². The van der Waals surface area contributed by atoms with Crippen LogP contribution in [0.25, 0.3) is 0 Å². The lowest BCUT2D eigenvalue weighted by Crippen LogP contribution is -2.39. The number of aliphatic hydroxyl groups excluding tert-OH is 1. The van der Waals surface area contributed by atoms with Crippen molar-refractivity contribution in [3.63, 3.8) is 0 Å². The first kappa shape index (κ1) is 31.5. The number of halogens is 2. The van der Waals surface area contributed by atoms with E-state index in [1.807, 2.05) is 24.3 Å². The van der Waals surface area contributed by atoms with Crippen molar-refractivity contribution in [2.45, 2.75) is 56.2 Å². The van der Waals surface area contributed by atoms with E-state index in [1.54, 1.807) is 35.9 Å². The number of hydrogen-bond acceptors (Lipinski definition) is 8. The van der Waals surface area contributed by atoms with Crippen molar-refractivity contribution in [1.29, 1.82) is 0 Å². The van der Waals surface area contributed by atoms with E-state index in [1.165, 1.54) is 0 Å². The molecule has 12 heteroatoms. The number of carbonyl (C=O) groups is 2. The third-order valence-corrected chi connectivity index (χ3v) is 8.83. The molecule has 1 unspecified atom stereocenters. The fraction of sp³-hybridized carbons (Fsp3) is 0.481. The molecule has 1 aliphatic carbocycles. The third kappa shape index (κ3) is 9.86. The summed E-state index contributed by atoms with van der Waals surface area (Å²) in [6, 6.07) is 11.8. The second-order valence-electron chi connectivity index (χ2n) is 9.29. The van der Waals surface area contributed by atoms with Crippen LogP contribution in [0.2, 0.25) is 0 Å². The van der Waals surface area contributed by atoms with Crippen molar-refractivity contribution in [2.75, 3.05) is 31.7 Å². The Hall–Kier alpha value is -1.99. The van der Waals surface area contributed by atoms with Gasteiger partial charge in [0.2, 0.25) is 5.91 Å². The molecule has 1 saturated carbocycles. The van der Waals surface area contributed by atoms with Gasteiger partial charge in [-0.2, -0.15) is 0 Å². The van der Waals surface area contributed by atoms with Crippen molar-refractivity contribution >= 4 is 61.2 Å². The van der Waals surface area contributed by atoms with Gasteiger partial charge in [0.1, 0.15) is 18.4 Å². The molecule has 9 nitrogen and oxygen atoms in total. The maximum atomic E-state index is 11.9. The van der Waals surface area contributed by atoms with Crippen LogP contribution in [-0.4, -0.2) is 70.5 Å². The number of amides is 1. The lowest BCUT2D eigenvalue weighted by Gasteiger charge is -2.26. The van der Waals surface area contributed by atoms with E-state index in [2.05, 4.69) is 37.2 Å². The van der Waals surface area contributed by atoms with Gasteiger partial charge in [0.15, 0.2) is 11.5 Å². The van der Waals surface area contributed by atoms with E-state index in [0.29, 0.717) is 30.7 Å². The monoisotopic (exact) mass is 687 g/mol. The van der Waals surface area contributed by atoms with E-state index < -0.39 is 12.4 Å². The molecule has 2 aromatic rings. The number of ether oxygens (including phenoxy) is 2. The number of nitrogens with two attached hydrogens (primary N) is 1. The number of para-hydroxylation sites is 2. The number of anilines is 1. The molecule has 2 fully saturated rings. The van der Waals surface area contributed by atoms with Crippen LogP contribution in [0.5, 0.6) is 11.5 Å². The van der Waals surface area contributed by atoms with Crippen molar-refractivity contribution in [2.24, 2.45) is 0 Å². The van der Waals surface area contributed by atoms with Gasteiger partial charge >= 0.3 is 5.97 Å². The number of carboxylic acids is 1. The Bertz CT molecular complexity index is 1120. The summed E-state index contributed by atoms with van der Waals surface area (Å²) >= 11 is 8.51. The Kier molecular flexibility index (Phi) is 12.7. The molecule has 214 valence electrons. The highest BCUT2D eigenvalue weighted by molar-refractivity contribution is 9.11. The summed E-state index contributed by atoms with van der Waals surface area (Å²) in [6.45, 7) is 1.62. The van der Waals surface area contributed by atoms with E-state index in [0.717, 1.165) is 58.2 Å². The minimum absolute atomic E-state index is 0.104. The zero-order valence-electron chi connectivity index (χ0n) is 21.8. The maximum absolute atomic E-state index is 11.9. The molecule has 2 aliphatic rings. The molecular weight excluding hydrogens is 654 g/mol. The van der Waals surface area contributed by atoms with Crippen LogP contribution in [0, 0.1) is 0 Å². The minimum Gasteiger partial charge on any atom is -0.493 e. The standard InChI is InChI=1S/C14H17NO5S.C13H18Br2N2O/c1-19-10-4-2-3-5-11(10)20-9-13-15(6-7-21-13)12(16)8-14(17)18;14-9-5-8(13(16)12(15)6-9)7-17-10-1-3-11(18)4-2-10/h2-5,13H,6-9H2,1H3,(H,17,18);5-6,10-11,17-18H,1-4,7,16H2. The summed E-state index contributed by atoms with van der Waals surface area (Å²) in [4.78, 5) is 24.0. The molecular formula is C27H35Br2N3O6S. The number of benzene rings is 2. The summed E-state index contributed by atoms with van der Waals surface area (Å²) in [6.07, 6.45) is 3.29. The lowest BCUT2D eigenvalue weighted by atomic mass is 9.93. The van der Waals surface area contributed by atoms with Gasteiger partial charge in [-0.1, -0.05) is 28.1 Å². The van der Waals surface area contributed by atoms with Crippen LogP contribution >= 0.6 is 43.6 Å². The fourth-order valence-electron chi connectivity index (χ4n) is 4.39. The molecule has 5 N–H and O–H groups in total. The van der Waals surface area contributed by atoms with Gasteiger partial charge in [0, 0.05) is 33.8 Å². The number of carbonyl (C=O) groups excluding carboxylic acids is 1. The topological polar surface area (TPSA) is 134 Å². The Morgan fingerprint density at radius 3 is 2.51 bits per heavy atom. The second-order valence-corrected chi connectivity index (χ2v) is 12.3. The van der Waals surface area contributed by atoms with Crippen LogP contribution in [0.1, 0.15) is 37.7 Å². The highest BCUT2D eigenvalue weighted by Crippen LogP contribution is 2.30. The highest BCUT2D eigenvalue weighted by atomic mass is 79.9. The average Bonchev–Trinajstić information content (AvgIpc) is 3.39. The molecule has 1 saturated heterocycles. The molecule has 0 aromatic heterocycles. The number of nitrogen functional groups attached to an aromatic ring is 1. The molecule has 0 spiro atoms.